The molecular weight excluding hydrogens is 310 g/mol. The summed E-state index contributed by atoms with van der Waals surface area (Å²) in [4.78, 5) is 12.5. The van der Waals surface area contributed by atoms with Crippen LogP contribution >= 0.6 is 11.3 Å². The minimum absolute atomic E-state index is 0.0193. The zero-order valence-electron chi connectivity index (χ0n) is 11.6. The van der Waals surface area contributed by atoms with E-state index >= 15 is 0 Å². The van der Waals surface area contributed by atoms with Crippen LogP contribution in [0.4, 0.5) is 0 Å². The van der Waals surface area contributed by atoms with Gasteiger partial charge in [0.2, 0.25) is 10.0 Å². The van der Waals surface area contributed by atoms with Gasteiger partial charge in [0.05, 0.1) is 23.6 Å². The second-order valence-electron chi connectivity index (χ2n) is 4.35. The molecular formula is C14H15NO4S2. The fourth-order valence-corrected chi connectivity index (χ4v) is 4.10. The molecule has 112 valence electrons. The van der Waals surface area contributed by atoms with Crippen molar-refractivity contribution in [3.05, 3.63) is 52.2 Å². The standard InChI is InChI=1S/C14H15NO4S2/c1-10(12-7-5-9-20-12)15-21(17,18)13-8-4-3-6-11(13)14(16)19-2/h3-10,15H,1-2H3/t10-/m1/s1. The number of carbonyl (C=O) groups excluding carboxylic acids is 1. The van der Waals surface area contributed by atoms with Crippen LogP contribution < -0.4 is 4.72 Å². The number of sulfonamides is 1. The summed E-state index contributed by atoms with van der Waals surface area (Å²) in [6, 6.07) is 9.30. The third-order valence-electron chi connectivity index (χ3n) is 2.88. The first kappa shape index (κ1) is 15.7. The Hall–Kier alpha value is -1.70. The van der Waals surface area contributed by atoms with Crippen LogP contribution in [0.5, 0.6) is 0 Å². The van der Waals surface area contributed by atoms with E-state index in [2.05, 4.69) is 9.46 Å². The SMILES string of the molecule is COC(=O)c1ccccc1S(=O)(=O)N[C@H](C)c1cccs1. The van der Waals surface area contributed by atoms with E-state index in [0.717, 1.165) is 4.88 Å². The smallest absolute Gasteiger partial charge is 0.339 e. The number of hydrogen-bond donors (Lipinski definition) is 1. The maximum Gasteiger partial charge on any atom is 0.339 e. The average molecular weight is 325 g/mol. The Morgan fingerprint density at radius 3 is 2.57 bits per heavy atom. The van der Waals surface area contributed by atoms with Gasteiger partial charge in [0, 0.05) is 4.88 Å². The molecule has 2 rings (SSSR count). The van der Waals surface area contributed by atoms with E-state index in [1.54, 1.807) is 19.1 Å². The Balaban J connectivity index is 2.34. The lowest BCUT2D eigenvalue weighted by molar-refractivity contribution is 0.0596. The van der Waals surface area contributed by atoms with E-state index in [1.165, 1.54) is 30.6 Å². The minimum atomic E-state index is -3.82. The molecule has 5 nitrogen and oxygen atoms in total. The molecule has 0 aliphatic rings. The van der Waals surface area contributed by atoms with Crippen LogP contribution in [0.1, 0.15) is 28.2 Å². The Bertz CT molecular complexity index is 723. The van der Waals surface area contributed by atoms with Crippen molar-refractivity contribution >= 4 is 27.3 Å². The van der Waals surface area contributed by atoms with E-state index in [0.29, 0.717) is 0 Å². The maximum absolute atomic E-state index is 12.5. The van der Waals surface area contributed by atoms with Gasteiger partial charge in [-0.2, -0.15) is 0 Å². The third-order valence-corrected chi connectivity index (χ3v) is 5.54. The molecule has 1 heterocycles. The first-order valence-electron chi connectivity index (χ1n) is 6.19. The molecule has 21 heavy (non-hydrogen) atoms. The predicted octanol–water partition coefficient (Wildman–Crippen LogP) is 2.57. The molecule has 0 aliphatic heterocycles. The number of hydrogen-bond acceptors (Lipinski definition) is 5. The molecule has 1 N–H and O–H groups in total. The van der Waals surface area contributed by atoms with Gasteiger partial charge in [-0.25, -0.2) is 17.9 Å². The van der Waals surface area contributed by atoms with Crippen molar-refractivity contribution < 1.29 is 17.9 Å². The monoisotopic (exact) mass is 325 g/mol. The highest BCUT2D eigenvalue weighted by Crippen LogP contribution is 2.22. The lowest BCUT2D eigenvalue weighted by atomic mass is 10.2. The summed E-state index contributed by atoms with van der Waals surface area (Å²) in [5.74, 6) is -0.681. The molecule has 0 radical (unpaired) electrons. The van der Waals surface area contributed by atoms with E-state index < -0.39 is 16.0 Å². The number of esters is 1. The molecule has 0 spiro atoms. The largest absolute Gasteiger partial charge is 0.465 e. The van der Waals surface area contributed by atoms with Crippen LogP contribution in [0.25, 0.3) is 0 Å². The van der Waals surface area contributed by atoms with Crippen molar-refractivity contribution in [1.29, 1.82) is 0 Å². The molecule has 1 aromatic heterocycles. The van der Waals surface area contributed by atoms with Crippen LogP contribution in [0.3, 0.4) is 0 Å². The van der Waals surface area contributed by atoms with Crippen molar-refractivity contribution in [3.63, 3.8) is 0 Å². The summed E-state index contributed by atoms with van der Waals surface area (Å²) < 4.78 is 32.1. The summed E-state index contributed by atoms with van der Waals surface area (Å²) >= 11 is 1.46. The molecule has 0 saturated carbocycles. The predicted molar refractivity (Wildman–Crippen MR) is 80.8 cm³/mol. The molecule has 0 saturated heterocycles. The average Bonchev–Trinajstić information content (AvgIpc) is 3.00. The Morgan fingerprint density at radius 1 is 1.24 bits per heavy atom. The molecule has 1 aromatic carbocycles. The molecule has 1 atom stereocenters. The van der Waals surface area contributed by atoms with Gasteiger partial charge < -0.3 is 4.74 Å². The maximum atomic E-state index is 12.5. The summed E-state index contributed by atoms with van der Waals surface area (Å²) in [6.45, 7) is 1.75. The number of carbonyl (C=O) groups is 1. The molecule has 0 unspecified atom stereocenters. The van der Waals surface area contributed by atoms with Gasteiger partial charge in [0.15, 0.2) is 0 Å². The Kier molecular flexibility index (Phi) is 4.76. The molecule has 0 aliphatic carbocycles. The number of benzene rings is 1. The van der Waals surface area contributed by atoms with E-state index in [1.807, 2.05) is 17.5 Å². The fourth-order valence-electron chi connectivity index (χ4n) is 1.87. The zero-order chi connectivity index (χ0) is 15.5. The lowest BCUT2D eigenvalue weighted by Gasteiger charge is -2.14. The molecule has 2 aromatic rings. The van der Waals surface area contributed by atoms with Gasteiger partial charge in [-0.15, -0.1) is 11.3 Å². The lowest BCUT2D eigenvalue weighted by Crippen LogP contribution is -2.28. The summed E-state index contributed by atoms with van der Waals surface area (Å²) in [6.07, 6.45) is 0. The van der Waals surface area contributed by atoms with Gasteiger partial charge in [-0.1, -0.05) is 18.2 Å². The molecule has 0 fully saturated rings. The fraction of sp³-hybridized carbons (Fsp3) is 0.214. The highest BCUT2D eigenvalue weighted by atomic mass is 32.2. The third kappa shape index (κ3) is 3.49. The quantitative estimate of drug-likeness (QED) is 0.858. The Morgan fingerprint density at radius 2 is 1.95 bits per heavy atom. The number of thiophene rings is 1. The van der Waals surface area contributed by atoms with Crippen molar-refractivity contribution in [2.24, 2.45) is 0 Å². The highest BCUT2D eigenvalue weighted by Gasteiger charge is 2.24. The first-order chi connectivity index (χ1) is 9.95. The number of rotatable bonds is 5. The summed E-state index contributed by atoms with van der Waals surface area (Å²) in [5, 5.41) is 1.88. The van der Waals surface area contributed by atoms with Gasteiger partial charge in [0.1, 0.15) is 0 Å². The van der Waals surface area contributed by atoms with Crippen LogP contribution in [-0.2, 0) is 14.8 Å². The van der Waals surface area contributed by atoms with Gasteiger partial charge in [-0.3, -0.25) is 0 Å². The van der Waals surface area contributed by atoms with Crippen molar-refractivity contribution in [2.75, 3.05) is 7.11 Å². The minimum Gasteiger partial charge on any atom is -0.465 e. The second-order valence-corrected chi connectivity index (χ2v) is 7.01. The molecule has 0 amide bonds. The van der Waals surface area contributed by atoms with Crippen LogP contribution in [0.15, 0.2) is 46.7 Å². The summed E-state index contributed by atoms with van der Waals surface area (Å²) in [7, 11) is -2.60. The first-order valence-corrected chi connectivity index (χ1v) is 8.55. The van der Waals surface area contributed by atoms with E-state index in [4.69, 9.17) is 0 Å². The topological polar surface area (TPSA) is 72.5 Å². The zero-order valence-corrected chi connectivity index (χ0v) is 13.2. The van der Waals surface area contributed by atoms with E-state index in [-0.39, 0.29) is 16.5 Å². The molecule has 0 bridgehead atoms. The van der Waals surface area contributed by atoms with Crippen LogP contribution in [-0.4, -0.2) is 21.5 Å². The summed E-state index contributed by atoms with van der Waals surface area (Å²) in [5.41, 5.74) is 0.0193. The van der Waals surface area contributed by atoms with Gasteiger partial charge >= 0.3 is 5.97 Å². The number of ether oxygens (including phenoxy) is 1. The van der Waals surface area contributed by atoms with Gasteiger partial charge in [0.25, 0.3) is 0 Å². The molecule has 7 heteroatoms. The number of methoxy groups -OCH3 is 1. The van der Waals surface area contributed by atoms with Crippen LogP contribution in [0.2, 0.25) is 0 Å². The highest BCUT2D eigenvalue weighted by molar-refractivity contribution is 7.89. The van der Waals surface area contributed by atoms with Crippen molar-refractivity contribution in [3.8, 4) is 0 Å². The van der Waals surface area contributed by atoms with Gasteiger partial charge in [-0.05, 0) is 30.5 Å². The Labute approximate surface area is 127 Å². The normalized spacial score (nSPS) is 12.9. The second kappa shape index (κ2) is 6.38. The van der Waals surface area contributed by atoms with Crippen molar-refractivity contribution in [1.82, 2.24) is 4.72 Å². The van der Waals surface area contributed by atoms with E-state index in [9.17, 15) is 13.2 Å². The van der Waals surface area contributed by atoms with Crippen molar-refractivity contribution in [2.45, 2.75) is 17.9 Å². The number of nitrogens with one attached hydrogen (secondary N) is 1. The van der Waals surface area contributed by atoms with Crippen LogP contribution in [0, 0.1) is 0 Å².